The molecular weight excluding hydrogens is 454 g/mol. The van der Waals surface area contributed by atoms with Gasteiger partial charge in [0.15, 0.2) is 0 Å². The van der Waals surface area contributed by atoms with Crippen LogP contribution in [0.4, 0.5) is 0 Å². The summed E-state index contributed by atoms with van der Waals surface area (Å²) in [7, 11) is 3.07. The lowest BCUT2D eigenvalue weighted by atomic mass is 9.87. The Morgan fingerprint density at radius 1 is 0.889 bits per heavy atom. The highest BCUT2D eigenvalue weighted by atomic mass is 16.5. The van der Waals surface area contributed by atoms with Crippen LogP contribution >= 0.6 is 0 Å². The topological polar surface area (TPSA) is 89.0 Å². The fourth-order valence-electron chi connectivity index (χ4n) is 3.33. The van der Waals surface area contributed by atoms with Gasteiger partial charge in [0, 0.05) is 17.2 Å². The van der Waals surface area contributed by atoms with E-state index in [0.29, 0.717) is 22.6 Å². The average molecular weight is 486 g/mol. The smallest absolute Gasteiger partial charge is 0.287 e. The molecule has 0 aliphatic carbocycles. The molecule has 0 heterocycles. The highest BCUT2D eigenvalue weighted by Crippen LogP contribution is 2.26. The molecule has 7 heteroatoms. The van der Waals surface area contributed by atoms with E-state index in [4.69, 9.17) is 9.47 Å². The molecule has 7 nitrogen and oxygen atoms in total. The second-order valence-electron chi connectivity index (χ2n) is 9.06. The maximum absolute atomic E-state index is 13.0. The highest BCUT2D eigenvalue weighted by molar-refractivity contribution is 6.05. The summed E-state index contributed by atoms with van der Waals surface area (Å²) in [5.41, 5.74) is 5.58. The first-order valence-corrected chi connectivity index (χ1v) is 11.5. The van der Waals surface area contributed by atoms with Crippen LogP contribution in [0.25, 0.3) is 6.08 Å². The van der Waals surface area contributed by atoms with Crippen LogP contribution in [-0.2, 0) is 10.2 Å². The molecule has 186 valence electrons. The molecule has 3 aromatic carbocycles. The van der Waals surface area contributed by atoms with Crippen LogP contribution in [-0.4, -0.2) is 32.2 Å². The van der Waals surface area contributed by atoms with Gasteiger partial charge in [-0.2, -0.15) is 5.10 Å². The van der Waals surface area contributed by atoms with Gasteiger partial charge in [0.1, 0.15) is 17.2 Å². The van der Waals surface area contributed by atoms with Crippen molar-refractivity contribution in [3.05, 3.63) is 101 Å². The highest BCUT2D eigenvalue weighted by Gasteiger charge is 2.16. The van der Waals surface area contributed by atoms with Crippen molar-refractivity contribution in [2.45, 2.75) is 26.2 Å². The second-order valence-corrected chi connectivity index (χ2v) is 9.06. The van der Waals surface area contributed by atoms with E-state index in [2.05, 4.69) is 36.6 Å². The van der Waals surface area contributed by atoms with E-state index in [0.717, 1.165) is 5.56 Å². The van der Waals surface area contributed by atoms with E-state index >= 15 is 0 Å². The van der Waals surface area contributed by atoms with Crippen molar-refractivity contribution >= 4 is 24.1 Å². The lowest BCUT2D eigenvalue weighted by Gasteiger charge is -2.18. The van der Waals surface area contributed by atoms with E-state index in [9.17, 15) is 9.59 Å². The van der Waals surface area contributed by atoms with Crippen LogP contribution in [0.5, 0.6) is 11.5 Å². The number of carbonyl (C=O) groups excluding carboxylic acids is 2. The summed E-state index contributed by atoms with van der Waals surface area (Å²) in [5.74, 6) is 0.0763. The number of methoxy groups -OCH3 is 2. The summed E-state index contributed by atoms with van der Waals surface area (Å²) in [6, 6.07) is 21.7. The van der Waals surface area contributed by atoms with Gasteiger partial charge < -0.3 is 14.8 Å². The van der Waals surface area contributed by atoms with Gasteiger partial charge >= 0.3 is 0 Å². The molecule has 0 aromatic heterocycles. The molecule has 0 radical (unpaired) electrons. The molecule has 0 spiro atoms. The Hall–Kier alpha value is -4.39. The van der Waals surface area contributed by atoms with Gasteiger partial charge in [-0.15, -0.1) is 0 Å². The van der Waals surface area contributed by atoms with E-state index < -0.39 is 11.8 Å². The lowest BCUT2D eigenvalue weighted by molar-refractivity contribution is -0.117. The van der Waals surface area contributed by atoms with Crippen molar-refractivity contribution < 1.29 is 19.1 Å². The monoisotopic (exact) mass is 485 g/mol. The van der Waals surface area contributed by atoms with Crippen molar-refractivity contribution in [1.82, 2.24) is 10.7 Å². The van der Waals surface area contributed by atoms with Gasteiger partial charge in [0.05, 0.1) is 20.4 Å². The Balaban J connectivity index is 1.84. The van der Waals surface area contributed by atoms with Crippen LogP contribution in [0.15, 0.2) is 83.6 Å². The zero-order valence-corrected chi connectivity index (χ0v) is 21.2. The average Bonchev–Trinajstić information content (AvgIpc) is 2.88. The molecule has 36 heavy (non-hydrogen) atoms. The molecule has 2 N–H and O–H groups in total. The number of hydrogen-bond donors (Lipinski definition) is 2. The first-order chi connectivity index (χ1) is 17.2. The van der Waals surface area contributed by atoms with Crippen LogP contribution in [0.3, 0.4) is 0 Å². The summed E-state index contributed by atoms with van der Waals surface area (Å²) in [6.45, 7) is 6.43. The first-order valence-electron chi connectivity index (χ1n) is 11.5. The molecule has 2 amide bonds. The molecule has 0 atom stereocenters. The SMILES string of the molecule is COc1ccc(/C=C(/NC(=O)c2ccccc2)C(=O)N/N=C\c2ccc(C(C)(C)C)cc2)c(OC)c1. The lowest BCUT2D eigenvalue weighted by Crippen LogP contribution is -2.32. The van der Waals surface area contributed by atoms with Crippen LogP contribution in [0, 0.1) is 0 Å². The summed E-state index contributed by atoms with van der Waals surface area (Å²) >= 11 is 0. The van der Waals surface area contributed by atoms with Crippen LogP contribution in [0.1, 0.15) is 47.8 Å². The number of ether oxygens (including phenoxy) is 2. The van der Waals surface area contributed by atoms with E-state index in [1.165, 1.54) is 18.7 Å². The first kappa shape index (κ1) is 26.2. The maximum Gasteiger partial charge on any atom is 0.287 e. The minimum absolute atomic E-state index is 0.00699. The third-order valence-corrected chi connectivity index (χ3v) is 5.43. The minimum Gasteiger partial charge on any atom is -0.497 e. The molecular formula is C29H31N3O4. The second kappa shape index (κ2) is 11.8. The zero-order chi connectivity index (χ0) is 26.1. The summed E-state index contributed by atoms with van der Waals surface area (Å²) in [4.78, 5) is 25.8. The largest absolute Gasteiger partial charge is 0.497 e. The third kappa shape index (κ3) is 7.06. The van der Waals surface area contributed by atoms with Crippen LogP contribution in [0.2, 0.25) is 0 Å². The summed E-state index contributed by atoms with van der Waals surface area (Å²) < 4.78 is 10.7. The molecule has 0 saturated heterocycles. The maximum atomic E-state index is 13.0. The fourth-order valence-corrected chi connectivity index (χ4v) is 3.33. The van der Waals surface area contributed by atoms with Crippen molar-refractivity contribution in [2.75, 3.05) is 14.2 Å². The third-order valence-electron chi connectivity index (χ3n) is 5.43. The number of rotatable bonds is 8. The van der Waals surface area contributed by atoms with Gasteiger partial charge in [-0.1, -0.05) is 63.2 Å². The molecule has 3 aromatic rings. The number of benzene rings is 3. The van der Waals surface area contributed by atoms with Crippen molar-refractivity contribution in [3.8, 4) is 11.5 Å². The number of hydrazone groups is 1. The molecule has 0 bridgehead atoms. The Kier molecular flexibility index (Phi) is 8.62. The van der Waals surface area contributed by atoms with Gasteiger partial charge in [-0.25, -0.2) is 5.43 Å². The normalized spacial score (nSPS) is 11.8. The number of nitrogens with zero attached hydrogens (tertiary/aromatic N) is 1. The zero-order valence-electron chi connectivity index (χ0n) is 21.2. The molecule has 0 unspecified atom stereocenters. The molecule has 0 aliphatic heterocycles. The van der Waals surface area contributed by atoms with Gasteiger partial charge in [-0.3, -0.25) is 9.59 Å². The fraction of sp³-hybridized carbons (Fsp3) is 0.207. The van der Waals surface area contributed by atoms with Crippen molar-refractivity contribution in [1.29, 1.82) is 0 Å². The standard InChI is InChI=1S/C29H31N3O4/c1-29(2,3)23-14-11-20(12-15-23)19-30-32-28(34)25(31-27(33)21-9-7-6-8-10-21)17-22-13-16-24(35-4)18-26(22)36-5/h6-19H,1-5H3,(H,31,33)(H,32,34)/b25-17+,30-19-. The molecule has 0 saturated carbocycles. The van der Waals surface area contributed by atoms with E-state index in [1.54, 1.807) is 55.8 Å². The Labute approximate surface area is 211 Å². The van der Waals surface area contributed by atoms with E-state index in [1.807, 2.05) is 30.3 Å². The minimum atomic E-state index is -0.584. The van der Waals surface area contributed by atoms with Crippen molar-refractivity contribution in [3.63, 3.8) is 0 Å². The van der Waals surface area contributed by atoms with Gasteiger partial charge in [0.25, 0.3) is 11.8 Å². The van der Waals surface area contributed by atoms with E-state index in [-0.39, 0.29) is 11.1 Å². The Bertz CT molecular complexity index is 1260. The summed E-state index contributed by atoms with van der Waals surface area (Å²) in [6.07, 6.45) is 3.08. The number of carbonyl (C=O) groups is 2. The van der Waals surface area contributed by atoms with Crippen LogP contribution < -0.4 is 20.2 Å². The number of nitrogens with one attached hydrogen (secondary N) is 2. The summed E-state index contributed by atoms with van der Waals surface area (Å²) in [5, 5.41) is 6.76. The predicted molar refractivity (Wildman–Crippen MR) is 142 cm³/mol. The van der Waals surface area contributed by atoms with Gasteiger partial charge in [0.2, 0.25) is 0 Å². The number of hydrogen-bond acceptors (Lipinski definition) is 5. The Morgan fingerprint density at radius 2 is 1.58 bits per heavy atom. The molecule has 3 rings (SSSR count). The predicted octanol–water partition coefficient (Wildman–Crippen LogP) is 4.92. The quantitative estimate of drug-likeness (QED) is 0.269. The Morgan fingerprint density at radius 3 is 2.19 bits per heavy atom. The molecule has 0 fully saturated rings. The number of amides is 2. The molecule has 0 aliphatic rings. The van der Waals surface area contributed by atoms with Crippen molar-refractivity contribution in [2.24, 2.45) is 5.10 Å². The van der Waals surface area contributed by atoms with Gasteiger partial charge in [-0.05, 0) is 46.9 Å².